The Bertz CT molecular complexity index is 626. The lowest BCUT2D eigenvalue weighted by Gasteiger charge is -2.56. The molecular weight excluding hydrogens is 308 g/mol. The van der Waals surface area contributed by atoms with Gasteiger partial charge in [-0.1, -0.05) is 0 Å². The van der Waals surface area contributed by atoms with Gasteiger partial charge in [-0.2, -0.15) is 0 Å². The molecule has 0 aliphatic carbocycles. The number of hydrogen-bond donors (Lipinski definition) is 1. The zero-order chi connectivity index (χ0) is 17.5. The van der Waals surface area contributed by atoms with Crippen molar-refractivity contribution in [3.05, 3.63) is 24.0 Å². The second kappa shape index (κ2) is 5.96. The summed E-state index contributed by atoms with van der Waals surface area (Å²) in [4.78, 5) is 32.1. The summed E-state index contributed by atoms with van der Waals surface area (Å²) in [5.41, 5.74) is 0.903. The van der Waals surface area contributed by atoms with Crippen LogP contribution in [0.5, 0.6) is 0 Å². The van der Waals surface area contributed by atoms with Crippen LogP contribution in [0.4, 0.5) is 10.5 Å². The van der Waals surface area contributed by atoms with Crippen molar-refractivity contribution in [3.63, 3.8) is 0 Å². The summed E-state index contributed by atoms with van der Waals surface area (Å²) in [5, 5.41) is 2.56. The van der Waals surface area contributed by atoms with Crippen LogP contribution in [0.25, 0.3) is 0 Å². The third kappa shape index (κ3) is 3.16. The van der Waals surface area contributed by atoms with E-state index in [9.17, 15) is 9.59 Å². The van der Waals surface area contributed by atoms with Crippen molar-refractivity contribution < 1.29 is 14.3 Å². The Hall–Kier alpha value is -2.31. The number of carbonyl (C=O) groups excluding carboxylic acids is 2. The van der Waals surface area contributed by atoms with E-state index in [2.05, 4.69) is 15.2 Å². The number of anilines is 1. The second-order valence-corrected chi connectivity index (χ2v) is 7.32. The smallest absolute Gasteiger partial charge is 0.410 e. The van der Waals surface area contributed by atoms with Crippen LogP contribution in [-0.4, -0.2) is 59.7 Å². The van der Waals surface area contributed by atoms with Crippen molar-refractivity contribution in [2.24, 2.45) is 0 Å². The molecule has 7 heteroatoms. The first-order valence-corrected chi connectivity index (χ1v) is 8.23. The van der Waals surface area contributed by atoms with E-state index in [-0.39, 0.29) is 24.1 Å². The molecule has 2 unspecified atom stereocenters. The molecule has 1 aromatic rings. The van der Waals surface area contributed by atoms with E-state index in [1.165, 1.54) is 0 Å². The highest BCUT2D eigenvalue weighted by Gasteiger charge is 2.48. The summed E-state index contributed by atoms with van der Waals surface area (Å²) >= 11 is 0. The number of ether oxygens (including phenoxy) is 1. The van der Waals surface area contributed by atoms with Crippen molar-refractivity contribution in [1.29, 1.82) is 0 Å². The van der Waals surface area contributed by atoms with Gasteiger partial charge in [-0.05, 0) is 39.3 Å². The maximum absolute atomic E-state index is 12.3. The first kappa shape index (κ1) is 16.5. The van der Waals surface area contributed by atoms with Crippen molar-refractivity contribution in [2.75, 3.05) is 25.0 Å². The topological polar surface area (TPSA) is 74.8 Å². The number of piperazine rings is 1. The van der Waals surface area contributed by atoms with E-state index >= 15 is 0 Å². The fourth-order valence-electron chi connectivity index (χ4n) is 3.27. The van der Waals surface area contributed by atoms with Crippen LogP contribution >= 0.6 is 0 Å². The summed E-state index contributed by atoms with van der Waals surface area (Å²) in [5.74, 6) is -0.195. The number of aromatic nitrogens is 1. The van der Waals surface area contributed by atoms with Gasteiger partial charge >= 0.3 is 6.09 Å². The van der Waals surface area contributed by atoms with E-state index in [0.717, 1.165) is 25.2 Å². The van der Waals surface area contributed by atoms with Gasteiger partial charge in [-0.25, -0.2) is 9.78 Å². The molecule has 2 amide bonds. The zero-order valence-electron chi connectivity index (χ0n) is 14.6. The first-order chi connectivity index (χ1) is 11.3. The molecule has 0 aromatic carbocycles. The maximum Gasteiger partial charge on any atom is 0.410 e. The molecule has 4 heterocycles. The summed E-state index contributed by atoms with van der Waals surface area (Å²) in [6.07, 6.45) is 2.50. The normalized spacial score (nSPS) is 22.7. The molecule has 0 radical (unpaired) electrons. The minimum Gasteiger partial charge on any atom is -0.444 e. The van der Waals surface area contributed by atoms with Crippen LogP contribution in [0.15, 0.2) is 18.3 Å². The molecule has 24 heavy (non-hydrogen) atoms. The highest BCUT2D eigenvalue weighted by atomic mass is 16.6. The van der Waals surface area contributed by atoms with E-state index in [1.54, 1.807) is 19.3 Å². The molecule has 0 saturated carbocycles. The minimum absolute atomic E-state index is 0.178. The Labute approximate surface area is 142 Å². The van der Waals surface area contributed by atoms with Crippen LogP contribution in [0.3, 0.4) is 0 Å². The Morgan fingerprint density at radius 2 is 1.92 bits per heavy atom. The molecule has 4 rings (SSSR count). The van der Waals surface area contributed by atoms with Gasteiger partial charge in [0.2, 0.25) is 0 Å². The van der Waals surface area contributed by atoms with Crippen molar-refractivity contribution >= 4 is 17.7 Å². The lowest BCUT2D eigenvalue weighted by Crippen LogP contribution is -2.70. The number of piperidine rings is 1. The minimum atomic E-state index is -0.472. The Morgan fingerprint density at radius 3 is 2.42 bits per heavy atom. The monoisotopic (exact) mass is 332 g/mol. The van der Waals surface area contributed by atoms with Gasteiger partial charge in [0.1, 0.15) is 11.3 Å². The SMILES string of the molecule is CNC(=O)c1ccc(N2CC3CC(C2)N3C(=O)OC(C)(C)C)cn1. The van der Waals surface area contributed by atoms with Gasteiger partial charge in [-0.3, -0.25) is 9.69 Å². The fourth-order valence-corrected chi connectivity index (χ4v) is 3.27. The van der Waals surface area contributed by atoms with Crippen molar-refractivity contribution in [2.45, 2.75) is 44.9 Å². The molecule has 1 aromatic heterocycles. The summed E-state index contributed by atoms with van der Waals surface area (Å²) < 4.78 is 5.49. The summed E-state index contributed by atoms with van der Waals surface area (Å²) in [6.45, 7) is 7.17. The summed E-state index contributed by atoms with van der Waals surface area (Å²) in [7, 11) is 1.58. The molecule has 3 saturated heterocycles. The Morgan fingerprint density at radius 1 is 1.25 bits per heavy atom. The lowest BCUT2D eigenvalue weighted by atomic mass is 9.88. The molecule has 0 spiro atoms. The number of pyridine rings is 1. The molecule has 3 aliphatic rings. The van der Waals surface area contributed by atoms with Gasteiger partial charge in [0.05, 0.1) is 24.0 Å². The number of amides is 2. The number of rotatable bonds is 2. The van der Waals surface area contributed by atoms with Gasteiger partial charge in [-0.15, -0.1) is 0 Å². The average molecular weight is 332 g/mol. The van der Waals surface area contributed by atoms with E-state index in [1.807, 2.05) is 31.7 Å². The molecule has 3 aliphatic heterocycles. The van der Waals surface area contributed by atoms with E-state index < -0.39 is 5.60 Å². The van der Waals surface area contributed by atoms with Crippen LogP contribution < -0.4 is 10.2 Å². The quantitative estimate of drug-likeness (QED) is 0.891. The molecule has 2 atom stereocenters. The Balaban J connectivity index is 1.63. The van der Waals surface area contributed by atoms with Crippen LogP contribution in [0.1, 0.15) is 37.7 Å². The molecule has 7 nitrogen and oxygen atoms in total. The molecule has 1 N–H and O–H groups in total. The van der Waals surface area contributed by atoms with Gasteiger partial charge < -0.3 is 15.0 Å². The fraction of sp³-hybridized carbons (Fsp3) is 0.588. The molecule has 2 bridgehead atoms. The maximum atomic E-state index is 12.3. The number of carbonyl (C=O) groups is 2. The van der Waals surface area contributed by atoms with Crippen molar-refractivity contribution in [1.82, 2.24) is 15.2 Å². The van der Waals surface area contributed by atoms with E-state index in [0.29, 0.717) is 5.69 Å². The van der Waals surface area contributed by atoms with Gasteiger partial charge in [0.25, 0.3) is 5.91 Å². The van der Waals surface area contributed by atoms with Crippen LogP contribution in [-0.2, 0) is 4.74 Å². The third-order valence-corrected chi connectivity index (χ3v) is 4.37. The lowest BCUT2D eigenvalue weighted by molar-refractivity contribution is -0.0379. The van der Waals surface area contributed by atoms with Crippen molar-refractivity contribution in [3.8, 4) is 0 Å². The number of hydrogen-bond acceptors (Lipinski definition) is 5. The van der Waals surface area contributed by atoms with E-state index in [4.69, 9.17) is 4.74 Å². The Kier molecular flexibility index (Phi) is 4.11. The third-order valence-electron chi connectivity index (χ3n) is 4.37. The predicted molar refractivity (Wildman–Crippen MR) is 90.1 cm³/mol. The average Bonchev–Trinajstić information content (AvgIpc) is 2.52. The first-order valence-electron chi connectivity index (χ1n) is 8.23. The number of fused-ring (bicyclic) bond motifs is 2. The molecule has 3 fully saturated rings. The number of nitrogens with one attached hydrogen (secondary N) is 1. The predicted octanol–water partition coefficient (Wildman–Crippen LogP) is 1.64. The van der Waals surface area contributed by atoms with Crippen LogP contribution in [0, 0.1) is 0 Å². The highest BCUT2D eigenvalue weighted by molar-refractivity contribution is 5.92. The zero-order valence-corrected chi connectivity index (χ0v) is 14.6. The van der Waals surface area contributed by atoms with Gasteiger partial charge in [0, 0.05) is 20.1 Å². The molecule has 130 valence electrons. The number of nitrogens with zero attached hydrogens (tertiary/aromatic N) is 3. The van der Waals surface area contributed by atoms with Crippen LogP contribution in [0.2, 0.25) is 0 Å². The summed E-state index contributed by atoms with van der Waals surface area (Å²) in [6, 6.07) is 3.98. The second-order valence-electron chi connectivity index (χ2n) is 7.32. The molecular formula is C17H24N4O3. The highest BCUT2D eigenvalue weighted by Crippen LogP contribution is 2.35. The standard InChI is InChI=1S/C17H24N4O3/c1-17(2,3)24-16(23)21-12-7-13(21)10-20(9-12)11-5-6-14(19-8-11)15(22)18-4/h5-6,8,12-13H,7,9-10H2,1-4H3,(H,18,22). The largest absolute Gasteiger partial charge is 0.444 e. The van der Waals surface area contributed by atoms with Gasteiger partial charge in [0.15, 0.2) is 0 Å².